The SMILES string of the molecule is CCC(C)n1ccc(CC(=O)Cc2ccc(Br)cc2)n1. The fourth-order valence-corrected chi connectivity index (χ4v) is 2.26. The lowest BCUT2D eigenvalue weighted by Gasteiger charge is -2.08. The van der Waals surface area contributed by atoms with Gasteiger partial charge in [-0.1, -0.05) is 35.0 Å². The molecule has 3 nitrogen and oxygen atoms in total. The van der Waals surface area contributed by atoms with Crippen LogP contribution in [0.15, 0.2) is 41.0 Å². The molecule has 0 bridgehead atoms. The molecule has 106 valence electrons. The van der Waals surface area contributed by atoms with Crippen molar-refractivity contribution in [2.24, 2.45) is 0 Å². The molecule has 0 aliphatic rings. The predicted molar refractivity (Wildman–Crippen MR) is 83.8 cm³/mol. The third kappa shape index (κ3) is 4.04. The Morgan fingerprint density at radius 2 is 1.95 bits per heavy atom. The second kappa shape index (κ2) is 6.84. The van der Waals surface area contributed by atoms with E-state index in [0.717, 1.165) is 22.2 Å². The molecule has 1 aromatic carbocycles. The minimum atomic E-state index is 0.196. The van der Waals surface area contributed by atoms with Crippen molar-refractivity contribution in [1.29, 1.82) is 0 Å². The van der Waals surface area contributed by atoms with Crippen LogP contribution < -0.4 is 0 Å². The van der Waals surface area contributed by atoms with Crippen LogP contribution >= 0.6 is 15.9 Å². The first-order valence-corrected chi connectivity index (χ1v) is 7.68. The topological polar surface area (TPSA) is 34.9 Å². The fourth-order valence-electron chi connectivity index (χ4n) is 2.00. The van der Waals surface area contributed by atoms with Gasteiger partial charge in [-0.3, -0.25) is 9.48 Å². The van der Waals surface area contributed by atoms with Crippen LogP contribution in [-0.4, -0.2) is 15.6 Å². The third-order valence-electron chi connectivity index (χ3n) is 3.40. The van der Waals surface area contributed by atoms with Gasteiger partial charge in [0, 0.05) is 23.1 Å². The molecule has 4 heteroatoms. The van der Waals surface area contributed by atoms with E-state index in [2.05, 4.69) is 34.9 Å². The molecule has 2 aromatic rings. The van der Waals surface area contributed by atoms with E-state index in [1.54, 1.807) is 0 Å². The molecule has 0 aliphatic carbocycles. The minimum absolute atomic E-state index is 0.196. The largest absolute Gasteiger partial charge is 0.299 e. The van der Waals surface area contributed by atoms with Crippen molar-refractivity contribution in [3.05, 3.63) is 52.3 Å². The lowest BCUT2D eigenvalue weighted by Crippen LogP contribution is -2.09. The second-order valence-electron chi connectivity index (χ2n) is 5.06. The van der Waals surface area contributed by atoms with Crippen molar-refractivity contribution >= 4 is 21.7 Å². The first kappa shape index (κ1) is 15.0. The number of hydrogen-bond acceptors (Lipinski definition) is 2. The summed E-state index contributed by atoms with van der Waals surface area (Å²) in [4.78, 5) is 12.1. The molecule has 0 fully saturated rings. The Bertz CT molecular complexity index is 574. The summed E-state index contributed by atoms with van der Waals surface area (Å²) in [6.45, 7) is 4.26. The van der Waals surface area contributed by atoms with Gasteiger partial charge in [-0.25, -0.2) is 0 Å². The molecule has 1 atom stereocenters. The Morgan fingerprint density at radius 1 is 1.25 bits per heavy atom. The summed E-state index contributed by atoms with van der Waals surface area (Å²) in [6, 6.07) is 10.2. The van der Waals surface area contributed by atoms with Crippen LogP contribution in [0.4, 0.5) is 0 Å². The number of rotatable bonds is 6. The van der Waals surface area contributed by atoms with Gasteiger partial charge in [-0.2, -0.15) is 5.10 Å². The number of hydrogen-bond donors (Lipinski definition) is 0. The van der Waals surface area contributed by atoms with Gasteiger partial charge in [0.1, 0.15) is 5.78 Å². The normalized spacial score (nSPS) is 12.3. The van der Waals surface area contributed by atoms with Crippen LogP contribution in [-0.2, 0) is 17.6 Å². The average molecular weight is 335 g/mol. The van der Waals surface area contributed by atoms with Gasteiger partial charge in [0.25, 0.3) is 0 Å². The maximum absolute atomic E-state index is 12.1. The molecule has 0 saturated carbocycles. The molecule has 0 spiro atoms. The number of aromatic nitrogens is 2. The average Bonchev–Trinajstić information content (AvgIpc) is 2.89. The first-order chi connectivity index (χ1) is 9.58. The van der Waals surface area contributed by atoms with Gasteiger partial charge < -0.3 is 0 Å². The van der Waals surface area contributed by atoms with E-state index in [0.29, 0.717) is 18.9 Å². The highest BCUT2D eigenvalue weighted by Crippen LogP contribution is 2.13. The first-order valence-electron chi connectivity index (χ1n) is 6.88. The quantitative estimate of drug-likeness (QED) is 0.801. The molecule has 2 rings (SSSR count). The summed E-state index contributed by atoms with van der Waals surface area (Å²) in [7, 11) is 0. The Balaban J connectivity index is 1.94. The van der Waals surface area contributed by atoms with E-state index in [1.807, 2.05) is 41.2 Å². The molecule has 0 saturated heterocycles. The van der Waals surface area contributed by atoms with Gasteiger partial charge >= 0.3 is 0 Å². The van der Waals surface area contributed by atoms with E-state index < -0.39 is 0 Å². The van der Waals surface area contributed by atoms with Gasteiger partial charge in [0.2, 0.25) is 0 Å². The van der Waals surface area contributed by atoms with E-state index in [1.165, 1.54) is 0 Å². The molecule has 1 unspecified atom stereocenters. The molecule has 1 heterocycles. The Kier molecular flexibility index (Phi) is 5.12. The van der Waals surface area contributed by atoms with E-state index in [9.17, 15) is 4.79 Å². The molecule has 0 amide bonds. The van der Waals surface area contributed by atoms with Crippen LogP contribution in [0.5, 0.6) is 0 Å². The summed E-state index contributed by atoms with van der Waals surface area (Å²) >= 11 is 3.39. The van der Waals surface area contributed by atoms with Gasteiger partial charge in [-0.15, -0.1) is 0 Å². The molecule has 0 aliphatic heterocycles. The number of nitrogens with zero attached hydrogens (tertiary/aromatic N) is 2. The van der Waals surface area contributed by atoms with Crippen molar-refractivity contribution in [2.45, 2.75) is 39.2 Å². The number of Topliss-reactive ketones (excluding diaryl/α,β-unsaturated/α-hetero) is 1. The Morgan fingerprint density at radius 3 is 2.60 bits per heavy atom. The van der Waals surface area contributed by atoms with Gasteiger partial charge in [-0.05, 0) is 37.1 Å². The van der Waals surface area contributed by atoms with E-state index in [-0.39, 0.29) is 5.78 Å². The molecule has 0 radical (unpaired) electrons. The lowest BCUT2D eigenvalue weighted by atomic mass is 10.1. The highest BCUT2D eigenvalue weighted by Gasteiger charge is 2.09. The smallest absolute Gasteiger partial charge is 0.143 e. The summed E-state index contributed by atoms with van der Waals surface area (Å²) in [5.41, 5.74) is 1.90. The molecule has 1 aromatic heterocycles. The van der Waals surface area contributed by atoms with Crippen LogP contribution in [0, 0.1) is 0 Å². The number of carbonyl (C=O) groups is 1. The second-order valence-corrected chi connectivity index (χ2v) is 5.98. The number of benzene rings is 1. The van der Waals surface area contributed by atoms with Crippen LogP contribution in [0.1, 0.15) is 37.6 Å². The number of carbonyl (C=O) groups excluding carboxylic acids is 1. The van der Waals surface area contributed by atoms with Crippen molar-refractivity contribution in [3.63, 3.8) is 0 Å². The summed E-state index contributed by atoms with van der Waals surface area (Å²) in [5, 5.41) is 4.47. The number of ketones is 1. The zero-order valence-corrected chi connectivity index (χ0v) is 13.4. The Labute approximate surface area is 128 Å². The third-order valence-corrected chi connectivity index (χ3v) is 3.93. The molecular formula is C16H19BrN2O. The van der Waals surface area contributed by atoms with E-state index in [4.69, 9.17) is 0 Å². The minimum Gasteiger partial charge on any atom is -0.299 e. The van der Waals surface area contributed by atoms with Crippen LogP contribution in [0.25, 0.3) is 0 Å². The zero-order valence-electron chi connectivity index (χ0n) is 11.8. The van der Waals surface area contributed by atoms with Gasteiger partial charge in [0.15, 0.2) is 0 Å². The molecular weight excluding hydrogens is 316 g/mol. The monoisotopic (exact) mass is 334 g/mol. The highest BCUT2D eigenvalue weighted by atomic mass is 79.9. The van der Waals surface area contributed by atoms with Crippen molar-refractivity contribution < 1.29 is 4.79 Å². The molecule has 0 N–H and O–H groups in total. The summed E-state index contributed by atoms with van der Waals surface area (Å²) in [6.07, 6.45) is 3.85. The highest BCUT2D eigenvalue weighted by molar-refractivity contribution is 9.10. The lowest BCUT2D eigenvalue weighted by molar-refractivity contribution is -0.117. The summed E-state index contributed by atoms with van der Waals surface area (Å²) in [5.74, 6) is 0.196. The zero-order chi connectivity index (χ0) is 14.5. The number of halogens is 1. The predicted octanol–water partition coefficient (Wildman–Crippen LogP) is 3.97. The van der Waals surface area contributed by atoms with Crippen LogP contribution in [0.3, 0.4) is 0 Å². The molecule has 20 heavy (non-hydrogen) atoms. The van der Waals surface area contributed by atoms with Crippen molar-refractivity contribution in [3.8, 4) is 0 Å². The maximum atomic E-state index is 12.1. The summed E-state index contributed by atoms with van der Waals surface area (Å²) < 4.78 is 2.96. The maximum Gasteiger partial charge on any atom is 0.143 e. The standard InChI is InChI=1S/C16H19BrN2O/c1-3-12(2)19-9-8-15(18-19)11-16(20)10-13-4-6-14(17)7-5-13/h4-9,12H,3,10-11H2,1-2H3. The Hall–Kier alpha value is -1.42. The van der Waals surface area contributed by atoms with E-state index >= 15 is 0 Å². The van der Waals surface area contributed by atoms with Crippen LogP contribution in [0.2, 0.25) is 0 Å². The van der Waals surface area contributed by atoms with Crippen molar-refractivity contribution in [1.82, 2.24) is 9.78 Å². The fraction of sp³-hybridized carbons (Fsp3) is 0.375. The van der Waals surface area contributed by atoms with Crippen molar-refractivity contribution in [2.75, 3.05) is 0 Å². The van der Waals surface area contributed by atoms with Gasteiger partial charge in [0.05, 0.1) is 12.1 Å².